The minimum absolute atomic E-state index is 0.0132. The number of carbonyl (C=O) groups excluding carboxylic acids is 1. The lowest BCUT2D eigenvalue weighted by Crippen LogP contribution is -2.36. The van der Waals surface area contributed by atoms with Crippen LogP contribution in [0.25, 0.3) is 0 Å². The van der Waals surface area contributed by atoms with Crippen molar-refractivity contribution in [2.24, 2.45) is 5.14 Å². The first kappa shape index (κ1) is 18.8. The molecule has 5 N–H and O–H groups in total. The number of aryl methyl sites for hydroxylation is 1. The molecule has 0 aliphatic carbocycles. The third kappa shape index (κ3) is 6.09. The molecule has 0 aliphatic rings. The predicted molar refractivity (Wildman–Crippen MR) is 95.9 cm³/mol. The van der Waals surface area contributed by atoms with E-state index in [0.717, 1.165) is 18.4 Å². The Morgan fingerprint density at radius 3 is 2.28 bits per heavy atom. The predicted octanol–water partition coefficient (Wildman–Crippen LogP) is 2.18. The largest absolute Gasteiger partial charge is 0.508 e. The van der Waals surface area contributed by atoms with Crippen molar-refractivity contribution >= 4 is 21.7 Å². The number of aromatic hydroxyl groups is 1. The van der Waals surface area contributed by atoms with Crippen LogP contribution >= 0.6 is 0 Å². The smallest absolute Gasteiger partial charge is 0.319 e. The fraction of sp³-hybridized carbons (Fsp3) is 0.235. The Balaban J connectivity index is 1.81. The van der Waals surface area contributed by atoms with Crippen molar-refractivity contribution in [3.63, 3.8) is 0 Å². The van der Waals surface area contributed by atoms with E-state index in [-0.39, 0.29) is 22.7 Å². The molecule has 1 atom stereocenters. The van der Waals surface area contributed by atoms with E-state index in [0.29, 0.717) is 5.69 Å². The zero-order valence-corrected chi connectivity index (χ0v) is 14.6. The summed E-state index contributed by atoms with van der Waals surface area (Å²) in [7, 11) is -3.75. The summed E-state index contributed by atoms with van der Waals surface area (Å²) in [4.78, 5) is 11.9. The second-order valence-corrected chi connectivity index (χ2v) is 7.34. The number of benzene rings is 2. The lowest BCUT2D eigenvalue weighted by atomic mass is 10.1. The van der Waals surface area contributed by atoms with E-state index in [1.54, 1.807) is 12.1 Å². The van der Waals surface area contributed by atoms with Crippen molar-refractivity contribution in [3.05, 3.63) is 54.1 Å². The van der Waals surface area contributed by atoms with Gasteiger partial charge in [-0.1, -0.05) is 12.1 Å². The zero-order chi connectivity index (χ0) is 18.4. The summed E-state index contributed by atoms with van der Waals surface area (Å²) in [5.41, 5.74) is 1.54. The molecule has 0 radical (unpaired) electrons. The number of carbonyl (C=O) groups is 1. The Bertz CT molecular complexity index is 818. The number of urea groups is 1. The maximum atomic E-state index is 12.0. The van der Waals surface area contributed by atoms with Crippen LogP contribution in [0.3, 0.4) is 0 Å². The van der Waals surface area contributed by atoms with Crippen molar-refractivity contribution in [1.82, 2.24) is 5.32 Å². The first-order valence-corrected chi connectivity index (χ1v) is 9.27. The lowest BCUT2D eigenvalue weighted by molar-refractivity contribution is 0.248. The van der Waals surface area contributed by atoms with Gasteiger partial charge in [0.2, 0.25) is 10.0 Å². The van der Waals surface area contributed by atoms with Crippen molar-refractivity contribution in [2.75, 3.05) is 5.32 Å². The molecule has 2 aromatic rings. The molecule has 2 aromatic carbocycles. The van der Waals surface area contributed by atoms with Gasteiger partial charge in [-0.05, 0) is 61.7 Å². The molecule has 0 aromatic heterocycles. The summed E-state index contributed by atoms with van der Waals surface area (Å²) in [5.74, 6) is 0.225. The molecule has 7 nitrogen and oxygen atoms in total. The number of sulfonamides is 1. The third-order valence-corrected chi connectivity index (χ3v) is 4.55. The fourth-order valence-corrected chi connectivity index (χ4v) is 2.75. The highest BCUT2D eigenvalue weighted by molar-refractivity contribution is 7.89. The van der Waals surface area contributed by atoms with Crippen molar-refractivity contribution in [3.8, 4) is 5.75 Å². The van der Waals surface area contributed by atoms with Crippen LogP contribution in [-0.4, -0.2) is 25.6 Å². The molecule has 134 valence electrons. The summed E-state index contributed by atoms with van der Waals surface area (Å²) in [6.45, 7) is 1.89. The Hall–Kier alpha value is -2.58. The maximum Gasteiger partial charge on any atom is 0.319 e. The second-order valence-electron chi connectivity index (χ2n) is 5.77. The van der Waals surface area contributed by atoms with Gasteiger partial charge in [-0.2, -0.15) is 0 Å². The van der Waals surface area contributed by atoms with Crippen LogP contribution in [0.2, 0.25) is 0 Å². The van der Waals surface area contributed by atoms with E-state index in [1.807, 2.05) is 19.1 Å². The van der Waals surface area contributed by atoms with Crippen LogP contribution in [0.1, 0.15) is 18.9 Å². The van der Waals surface area contributed by atoms with Crippen LogP contribution in [0.5, 0.6) is 5.75 Å². The van der Waals surface area contributed by atoms with Gasteiger partial charge in [0, 0.05) is 11.7 Å². The van der Waals surface area contributed by atoms with Crippen molar-refractivity contribution < 1.29 is 18.3 Å². The maximum absolute atomic E-state index is 12.0. The minimum Gasteiger partial charge on any atom is -0.508 e. The number of phenolic OH excluding ortho intramolecular Hbond substituents is 1. The quantitative estimate of drug-likeness (QED) is 0.628. The van der Waals surface area contributed by atoms with Crippen LogP contribution in [0.15, 0.2) is 53.4 Å². The van der Waals surface area contributed by atoms with Gasteiger partial charge in [-0.25, -0.2) is 18.4 Å². The van der Waals surface area contributed by atoms with E-state index in [2.05, 4.69) is 10.6 Å². The number of nitrogens with one attached hydrogen (secondary N) is 2. The number of rotatable bonds is 6. The number of primary sulfonamides is 1. The summed E-state index contributed by atoms with van der Waals surface area (Å²) >= 11 is 0. The average Bonchev–Trinajstić information content (AvgIpc) is 2.54. The number of phenols is 1. The third-order valence-electron chi connectivity index (χ3n) is 3.62. The molecule has 0 spiro atoms. The molecular weight excluding hydrogens is 342 g/mol. The minimum atomic E-state index is -3.75. The fourth-order valence-electron chi connectivity index (χ4n) is 2.24. The average molecular weight is 363 g/mol. The summed E-state index contributed by atoms with van der Waals surface area (Å²) < 4.78 is 22.4. The van der Waals surface area contributed by atoms with Crippen molar-refractivity contribution in [1.29, 1.82) is 0 Å². The highest BCUT2D eigenvalue weighted by Gasteiger charge is 2.10. The summed E-state index contributed by atoms with van der Waals surface area (Å²) in [6, 6.07) is 12.1. The topological polar surface area (TPSA) is 122 Å². The SMILES string of the molecule is CC(CCc1ccc(O)cc1)NC(=O)Nc1ccc(S(N)(=O)=O)cc1. The van der Waals surface area contributed by atoms with Gasteiger partial charge >= 0.3 is 6.03 Å². The van der Waals surface area contributed by atoms with Crippen LogP contribution < -0.4 is 15.8 Å². The van der Waals surface area contributed by atoms with Gasteiger partial charge in [0.25, 0.3) is 0 Å². The van der Waals surface area contributed by atoms with Crippen LogP contribution in [0, 0.1) is 0 Å². The molecule has 0 heterocycles. The molecule has 25 heavy (non-hydrogen) atoms. The monoisotopic (exact) mass is 363 g/mol. The zero-order valence-electron chi connectivity index (χ0n) is 13.8. The molecule has 8 heteroatoms. The molecule has 0 aliphatic heterocycles. The Kier molecular flexibility index (Phi) is 6.00. The molecule has 1 unspecified atom stereocenters. The van der Waals surface area contributed by atoms with Gasteiger partial charge < -0.3 is 15.7 Å². The highest BCUT2D eigenvalue weighted by Crippen LogP contribution is 2.13. The summed E-state index contributed by atoms with van der Waals surface area (Å²) in [6.07, 6.45) is 1.51. The number of anilines is 1. The van der Waals surface area contributed by atoms with Gasteiger partial charge in [0.05, 0.1) is 4.90 Å². The molecule has 2 amide bonds. The van der Waals surface area contributed by atoms with Gasteiger partial charge in [0.1, 0.15) is 5.75 Å². The number of amides is 2. The van der Waals surface area contributed by atoms with Gasteiger partial charge in [-0.15, -0.1) is 0 Å². The first-order valence-electron chi connectivity index (χ1n) is 7.72. The Morgan fingerprint density at radius 2 is 1.72 bits per heavy atom. The number of hydrogen-bond donors (Lipinski definition) is 4. The molecule has 0 bridgehead atoms. The van der Waals surface area contributed by atoms with E-state index < -0.39 is 10.0 Å². The standard InChI is InChI=1S/C17H21N3O4S/c1-12(2-3-13-4-8-15(21)9-5-13)19-17(22)20-14-6-10-16(11-7-14)25(18,23)24/h4-12,21H,2-3H2,1H3,(H2,18,23,24)(H2,19,20,22). The number of nitrogens with two attached hydrogens (primary N) is 1. The lowest BCUT2D eigenvalue weighted by Gasteiger charge is -2.15. The van der Waals surface area contributed by atoms with E-state index in [1.165, 1.54) is 24.3 Å². The highest BCUT2D eigenvalue weighted by atomic mass is 32.2. The van der Waals surface area contributed by atoms with E-state index >= 15 is 0 Å². The van der Waals surface area contributed by atoms with E-state index in [9.17, 15) is 18.3 Å². The number of hydrogen-bond acceptors (Lipinski definition) is 4. The molecule has 0 saturated carbocycles. The van der Waals surface area contributed by atoms with E-state index in [4.69, 9.17) is 5.14 Å². The van der Waals surface area contributed by atoms with Gasteiger partial charge in [0.15, 0.2) is 0 Å². The Morgan fingerprint density at radius 1 is 1.12 bits per heavy atom. The van der Waals surface area contributed by atoms with Crippen LogP contribution in [0.4, 0.5) is 10.5 Å². The van der Waals surface area contributed by atoms with Gasteiger partial charge in [-0.3, -0.25) is 0 Å². The second kappa shape index (κ2) is 8.00. The Labute approximate surface area is 146 Å². The normalized spacial score (nSPS) is 12.4. The molecule has 0 fully saturated rings. The first-order chi connectivity index (χ1) is 11.7. The van der Waals surface area contributed by atoms with Crippen molar-refractivity contribution in [2.45, 2.75) is 30.7 Å². The summed E-state index contributed by atoms with van der Waals surface area (Å²) in [5, 5.41) is 19.7. The van der Waals surface area contributed by atoms with Crippen LogP contribution in [-0.2, 0) is 16.4 Å². The molecular formula is C17H21N3O4S. The molecule has 2 rings (SSSR count). The molecule has 0 saturated heterocycles.